The van der Waals surface area contributed by atoms with E-state index in [1.54, 1.807) is 13.3 Å². The summed E-state index contributed by atoms with van der Waals surface area (Å²) < 4.78 is 28.7. The fraction of sp³-hybridized carbons (Fsp3) is 0.357. The van der Waals surface area contributed by atoms with Gasteiger partial charge in [0.15, 0.2) is 10.9 Å². The van der Waals surface area contributed by atoms with Crippen molar-refractivity contribution in [2.75, 3.05) is 0 Å². The molecule has 1 aromatic heterocycles. The van der Waals surface area contributed by atoms with Gasteiger partial charge in [0.25, 0.3) is 0 Å². The molecule has 1 fully saturated rings. The number of hydrogen-bond donors (Lipinski definition) is 0. The fourth-order valence-corrected chi connectivity index (χ4v) is 3.00. The van der Waals surface area contributed by atoms with E-state index in [2.05, 4.69) is 10.2 Å². The number of nitrogens with zero attached hydrogens (tertiary/aromatic N) is 3. The van der Waals surface area contributed by atoms with Gasteiger partial charge in [0.1, 0.15) is 18.0 Å². The van der Waals surface area contributed by atoms with E-state index >= 15 is 0 Å². The van der Waals surface area contributed by atoms with Crippen molar-refractivity contribution in [2.45, 2.75) is 36.2 Å². The van der Waals surface area contributed by atoms with Crippen LogP contribution in [0.2, 0.25) is 0 Å². The first-order valence-corrected chi connectivity index (χ1v) is 7.49. The average Bonchev–Trinajstić information content (AvgIpc) is 3.21. The van der Waals surface area contributed by atoms with Crippen molar-refractivity contribution in [3.05, 3.63) is 41.7 Å². The lowest BCUT2D eigenvalue weighted by Gasteiger charge is -2.11. The molecule has 0 spiro atoms. The second-order valence-corrected chi connectivity index (χ2v) is 6.31. The SMILES string of the molecule is C[C@@H](Sc1nncn1C1CC1)C(=O)c1cc(F)ccc1F. The smallest absolute Gasteiger partial charge is 0.191 e. The summed E-state index contributed by atoms with van der Waals surface area (Å²) in [6.07, 6.45) is 3.79. The zero-order chi connectivity index (χ0) is 15.0. The average molecular weight is 309 g/mol. The maximum atomic E-state index is 13.6. The van der Waals surface area contributed by atoms with E-state index in [4.69, 9.17) is 0 Å². The molecule has 1 aromatic carbocycles. The number of rotatable bonds is 5. The number of thioether (sulfide) groups is 1. The fourth-order valence-electron chi connectivity index (χ4n) is 2.04. The predicted molar refractivity (Wildman–Crippen MR) is 74.3 cm³/mol. The molecule has 0 aliphatic heterocycles. The number of carbonyl (C=O) groups excluding carboxylic acids is 1. The van der Waals surface area contributed by atoms with Crippen LogP contribution in [0.25, 0.3) is 0 Å². The van der Waals surface area contributed by atoms with Crippen molar-refractivity contribution in [3.63, 3.8) is 0 Å². The Morgan fingerprint density at radius 1 is 1.43 bits per heavy atom. The Labute approximate surface area is 124 Å². The lowest BCUT2D eigenvalue weighted by molar-refractivity contribution is 0.0989. The molecule has 7 heteroatoms. The van der Waals surface area contributed by atoms with Gasteiger partial charge in [0, 0.05) is 6.04 Å². The van der Waals surface area contributed by atoms with Gasteiger partial charge in [-0.25, -0.2) is 8.78 Å². The van der Waals surface area contributed by atoms with Crippen molar-refractivity contribution in [1.82, 2.24) is 14.8 Å². The molecule has 1 atom stereocenters. The second kappa shape index (κ2) is 5.55. The van der Waals surface area contributed by atoms with Crippen molar-refractivity contribution in [3.8, 4) is 0 Å². The number of carbonyl (C=O) groups is 1. The molecule has 0 saturated heterocycles. The molecule has 2 aromatic rings. The van der Waals surface area contributed by atoms with Crippen LogP contribution in [0.4, 0.5) is 8.78 Å². The van der Waals surface area contributed by atoms with Gasteiger partial charge in [0.05, 0.1) is 10.8 Å². The summed E-state index contributed by atoms with van der Waals surface area (Å²) in [6.45, 7) is 1.66. The largest absolute Gasteiger partial charge is 0.306 e. The van der Waals surface area contributed by atoms with Crippen molar-refractivity contribution < 1.29 is 13.6 Å². The number of benzene rings is 1. The van der Waals surface area contributed by atoms with Crippen LogP contribution >= 0.6 is 11.8 Å². The van der Waals surface area contributed by atoms with Gasteiger partial charge in [-0.2, -0.15) is 0 Å². The molecular weight excluding hydrogens is 296 g/mol. The van der Waals surface area contributed by atoms with E-state index in [1.165, 1.54) is 11.8 Å². The minimum Gasteiger partial charge on any atom is -0.306 e. The standard InChI is InChI=1S/C14H13F2N3OS/c1-8(13(20)11-6-9(15)2-5-12(11)16)21-14-18-17-7-19(14)10-3-4-10/h2,5-8,10H,3-4H2,1H3/t8-/m1/s1. The number of aromatic nitrogens is 3. The van der Waals surface area contributed by atoms with E-state index in [-0.39, 0.29) is 5.56 Å². The molecule has 1 saturated carbocycles. The quantitative estimate of drug-likeness (QED) is 0.628. The summed E-state index contributed by atoms with van der Waals surface area (Å²) in [5.74, 6) is -1.79. The zero-order valence-electron chi connectivity index (χ0n) is 11.3. The van der Waals surface area contributed by atoms with Crippen molar-refractivity contribution in [1.29, 1.82) is 0 Å². The minimum absolute atomic E-state index is 0.229. The first kappa shape index (κ1) is 14.2. The molecule has 0 radical (unpaired) electrons. The molecule has 0 unspecified atom stereocenters. The molecule has 1 aliphatic carbocycles. The summed E-state index contributed by atoms with van der Waals surface area (Å²) in [6, 6.07) is 3.29. The van der Waals surface area contributed by atoms with Crippen LogP contribution in [0.15, 0.2) is 29.7 Å². The van der Waals surface area contributed by atoms with Gasteiger partial charge >= 0.3 is 0 Å². The van der Waals surface area contributed by atoms with E-state index < -0.39 is 22.7 Å². The highest BCUT2D eigenvalue weighted by atomic mass is 32.2. The summed E-state index contributed by atoms with van der Waals surface area (Å²) in [5, 5.41) is 7.90. The first-order chi connectivity index (χ1) is 10.1. The Morgan fingerprint density at radius 3 is 2.90 bits per heavy atom. The zero-order valence-corrected chi connectivity index (χ0v) is 12.1. The van der Waals surface area contributed by atoms with E-state index in [9.17, 15) is 13.6 Å². The molecule has 0 bridgehead atoms. The van der Waals surface area contributed by atoms with Crippen LogP contribution in [0.1, 0.15) is 36.2 Å². The third-order valence-electron chi connectivity index (χ3n) is 3.33. The van der Waals surface area contributed by atoms with Crippen molar-refractivity contribution >= 4 is 17.5 Å². The van der Waals surface area contributed by atoms with Crippen LogP contribution in [-0.2, 0) is 0 Å². The van der Waals surface area contributed by atoms with Crippen LogP contribution in [-0.4, -0.2) is 25.8 Å². The second-order valence-electron chi connectivity index (χ2n) is 5.00. The minimum atomic E-state index is -0.711. The molecule has 0 N–H and O–H groups in total. The molecule has 0 amide bonds. The Hall–Kier alpha value is -1.76. The van der Waals surface area contributed by atoms with Gasteiger partial charge in [-0.15, -0.1) is 10.2 Å². The highest BCUT2D eigenvalue weighted by Gasteiger charge is 2.28. The van der Waals surface area contributed by atoms with Crippen LogP contribution in [0.5, 0.6) is 0 Å². The van der Waals surface area contributed by atoms with Crippen LogP contribution in [0.3, 0.4) is 0 Å². The summed E-state index contributed by atoms with van der Waals surface area (Å²) in [4.78, 5) is 12.3. The van der Waals surface area contributed by atoms with Gasteiger partial charge in [-0.05, 0) is 38.0 Å². The topological polar surface area (TPSA) is 47.8 Å². The highest BCUT2D eigenvalue weighted by Crippen LogP contribution is 2.38. The number of ketones is 1. The normalized spacial score (nSPS) is 16.0. The molecule has 4 nitrogen and oxygen atoms in total. The maximum absolute atomic E-state index is 13.6. The maximum Gasteiger partial charge on any atom is 0.191 e. The third-order valence-corrected chi connectivity index (χ3v) is 4.40. The highest BCUT2D eigenvalue weighted by molar-refractivity contribution is 8.00. The van der Waals surface area contributed by atoms with Crippen LogP contribution < -0.4 is 0 Å². The molecule has 110 valence electrons. The summed E-state index contributed by atoms with van der Waals surface area (Å²) in [7, 11) is 0. The van der Waals surface area contributed by atoms with Gasteiger partial charge in [-0.1, -0.05) is 11.8 Å². The Bertz CT molecular complexity index is 685. The monoisotopic (exact) mass is 309 g/mol. The molecular formula is C14H13F2N3OS. The molecule has 1 aliphatic rings. The number of halogens is 2. The Balaban J connectivity index is 1.78. The molecule has 1 heterocycles. The third kappa shape index (κ3) is 2.97. The van der Waals surface area contributed by atoms with Crippen molar-refractivity contribution in [2.24, 2.45) is 0 Å². The summed E-state index contributed by atoms with van der Waals surface area (Å²) >= 11 is 1.21. The van der Waals surface area contributed by atoms with E-state index in [0.29, 0.717) is 11.2 Å². The first-order valence-electron chi connectivity index (χ1n) is 6.61. The number of Topliss-reactive ketones (excluding diaryl/α,β-unsaturated/α-hetero) is 1. The van der Waals surface area contributed by atoms with Gasteiger partial charge in [0.2, 0.25) is 0 Å². The van der Waals surface area contributed by atoms with Gasteiger partial charge in [-0.3, -0.25) is 4.79 Å². The predicted octanol–water partition coefficient (Wildman–Crippen LogP) is 3.25. The van der Waals surface area contributed by atoms with E-state index in [0.717, 1.165) is 31.0 Å². The Morgan fingerprint density at radius 2 is 2.19 bits per heavy atom. The van der Waals surface area contributed by atoms with Gasteiger partial charge < -0.3 is 4.57 Å². The van der Waals surface area contributed by atoms with E-state index in [1.807, 2.05) is 4.57 Å². The summed E-state index contributed by atoms with van der Waals surface area (Å²) in [5.41, 5.74) is -0.229. The Kier molecular flexibility index (Phi) is 3.75. The lowest BCUT2D eigenvalue weighted by atomic mass is 10.1. The molecule has 21 heavy (non-hydrogen) atoms. The molecule has 3 rings (SSSR count). The van der Waals surface area contributed by atoms with Crippen LogP contribution in [0, 0.1) is 11.6 Å². The lowest BCUT2D eigenvalue weighted by Crippen LogP contribution is -2.16. The number of hydrogen-bond acceptors (Lipinski definition) is 4.